The van der Waals surface area contributed by atoms with Gasteiger partial charge in [0.05, 0.1) is 17.5 Å². The summed E-state index contributed by atoms with van der Waals surface area (Å²) >= 11 is 0. The molecule has 0 atom stereocenters. The molecular weight excluding hydrogens is 464 g/mol. The van der Waals surface area contributed by atoms with Crippen LogP contribution < -0.4 is 20.9 Å². The number of piperidine rings is 2. The van der Waals surface area contributed by atoms with E-state index in [1.54, 1.807) is 23.3 Å². The Morgan fingerprint density at radius 3 is 2.42 bits per heavy atom. The van der Waals surface area contributed by atoms with E-state index in [-0.39, 0.29) is 31.8 Å². The summed E-state index contributed by atoms with van der Waals surface area (Å²) in [6.45, 7) is 4.05. The second-order valence-corrected chi connectivity index (χ2v) is 10.7. The highest BCUT2D eigenvalue weighted by Gasteiger charge is 2.44. The number of carbonyl (C=O) groups is 1. The first-order valence-electron chi connectivity index (χ1n) is 12.7. The number of alkyl halides is 2. The summed E-state index contributed by atoms with van der Waals surface area (Å²) in [6, 6.07) is 7.28. The van der Waals surface area contributed by atoms with Crippen LogP contribution in [0.1, 0.15) is 54.4 Å². The monoisotopic (exact) mass is 495 g/mol. The topological polar surface area (TPSA) is 87.6 Å². The fraction of sp³-hybridized carbons (Fsp3) is 0.481. The number of pyridine rings is 1. The average molecular weight is 496 g/mol. The number of halogens is 2. The van der Waals surface area contributed by atoms with Gasteiger partial charge in [-0.15, -0.1) is 0 Å². The molecule has 2 aliphatic heterocycles. The summed E-state index contributed by atoms with van der Waals surface area (Å²) in [5.74, 6) is -2.10. The van der Waals surface area contributed by atoms with Crippen molar-refractivity contribution in [2.75, 3.05) is 47.0 Å². The zero-order valence-electron chi connectivity index (χ0n) is 20.4. The highest BCUT2D eigenvalue weighted by Crippen LogP contribution is 2.54. The number of aryl methyl sites for hydroxylation is 1. The molecule has 1 amide bonds. The van der Waals surface area contributed by atoms with E-state index in [1.807, 2.05) is 19.1 Å². The van der Waals surface area contributed by atoms with Gasteiger partial charge in [-0.3, -0.25) is 4.79 Å². The minimum atomic E-state index is -2.67. The average Bonchev–Trinajstić information content (AvgIpc) is 3.42. The SMILES string of the molecule is Cc1cc(C(=O)Nc2cc3ccoc3c(N3CCC(F)(F)CC3)n2)c(N2CCC3(CC2)CC3)cc1N. The number of furan rings is 1. The highest BCUT2D eigenvalue weighted by atomic mass is 19.3. The van der Waals surface area contributed by atoms with Gasteiger partial charge in [-0.05, 0) is 67.9 Å². The molecule has 1 spiro atoms. The molecule has 9 heteroatoms. The van der Waals surface area contributed by atoms with Gasteiger partial charge in [0, 0.05) is 50.1 Å². The van der Waals surface area contributed by atoms with E-state index < -0.39 is 5.92 Å². The maximum Gasteiger partial charge on any atom is 0.258 e. The molecule has 3 N–H and O–H groups in total. The van der Waals surface area contributed by atoms with Gasteiger partial charge >= 0.3 is 0 Å². The standard InChI is InChI=1S/C27H31F2N5O2/c1-17-14-19(21(16-20(17)30)33-9-5-26(3-4-26)6-10-33)25(35)32-22-15-18-2-13-36-23(18)24(31-22)34-11-7-27(28,29)8-12-34/h2,13-16H,3-12,30H2,1H3,(H,31,32,35). The molecule has 7 nitrogen and oxygen atoms in total. The molecule has 0 radical (unpaired) electrons. The lowest BCUT2D eigenvalue weighted by molar-refractivity contribution is -0.0221. The predicted octanol–water partition coefficient (Wildman–Crippen LogP) is 5.59. The van der Waals surface area contributed by atoms with Crippen molar-refractivity contribution in [2.45, 2.75) is 51.4 Å². The first-order valence-corrected chi connectivity index (χ1v) is 12.7. The first-order chi connectivity index (χ1) is 17.2. The van der Waals surface area contributed by atoms with Crippen molar-refractivity contribution in [1.82, 2.24) is 4.98 Å². The van der Waals surface area contributed by atoms with Crippen molar-refractivity contribution in [3.63, 3.8) is 0 Å². The summed E-state index contributed by atoms with van der Waals surface area (Å²) in [6.07, 6.45) is 5.96. The number of fused-ring (bicyclic) bond motifs is 1. The summed E-state index contributed by atoms with van der Waals surface area (Å²) in [5, 5.41) is 3.71. The molecule has 0 bridgehead atoms. The molecule has 3 aliphatic rings. The van der Waals surface area contributed by atoms with Gasteiger partial charge in [0.2, 0.25) is 0 Å². The van der Waals surface area contributed by atoms with Gasteiger partial charge in [-0.2, -0.15) is 0 Å². The van der Waals surface area contributed by atoms with Gasteiger partial charge in [-0.25, -0.2) is 13.8 Å². The molecule has 2 saturated heterocycles. The Labute approximate surface area is 208 Å². The second-order valence-electron chi connectivity index (χ2n) is 10.7. The third-order valence-corrected chi connectivity index (χ3v) is 8.20. The summed E-state index contributed by atoms with van der Waals surface area (Å²) in [5.41, 5.74) is 10.2. The molecular formula is C27H31F2N5O2. The van der Waals surface area contributed by atoms with E-state index in [0.29, 0.717) is 33.9 Å². The van der Waals surface area contributed by atoms with Crippen LogP contribution in [0.25, 0.3) is 11.0 Å². The number of nitrogens with zero attached hydrogens (tertiary/aromatic N) is 3. The Hall–Kier alpha value is -3.36. The maximum atomic E-state index is 13.7. The minimum Gasteiger partial charge on any atom is -0.460 e. The van der Waals surface area contributed by atoms with E-state index in [1.165, 1.54) is 12.8 Å². The Bertz CT molecular complexity index is 1310. The number of carbonyl (C=O) groups excluding carboxylic acids is 1. The fourth-order valence-corrected chi connectivity index (χ4v) is 5.52. The van der Waals surface area contributed by atoms with Crippen LogP contribution in [-0.4, -0.2) is 43.0 Å². The zero-order chi connectivity index (χ0) is 25.1. The summed E-state index contributed by atoms with van der Waals surface area (Å²) in [4.78, 5) is 22.3. The minimum absolute atomic E-state index is 0.172. The lowest BCUT2D eigenvalue weighted by Gasteiger charge is -2.35. The molecule has 4 heterocycles. The number of benzene rings is 1. The van der Waals surface area contributed by atoms with Crippen molar-refractivity contribution in [3.8, 4) is 0 Å². The Balaban J connectivity index is 1.29. The smallest absolute Gasteiger partial charge is 0.258 e. The van der Waals surface area contributed by atoms with Crippen LogP contribution in [0.3, 0.4) is 0 Å². The normalized spacial score (nSPS) is 20.6. The molecule has 1 saturated carbocycles. The quantitative estimate of drug-likeness (QED) is 0.459. The number of nitrogens with one attached hydrogen (secondary N) is 1. The number of nitrogens with two attached hydrogens (primary N) is 1. The lowest BCUT2D eigenvalue weighted by atomic mass is 9.92. The maximum absolute atomic E-state index is 13.7. The molecule has 3 aromatic rings. The first kappa shape index (κ1) is 23.1. The fourth-order valence-electron chi connectivity index (χ4n) is 5.52. The molecule has 1 aliphatic carbocycles. The van der Waals surface area contributed by atoms with E-state index >= 15 is 0 Å². The number of amides is 1. The van der Waals surface area contributed by atoms with Crippen LogP contribution in [0.4, 0.5) is 31.8 Å². The van der Waals surface area contributed by atoms with E-state index in [9.17, 15) is 13.6 Å². The summed E-state index contributed by atoms with van der Waals surface area (Å²) < 4.78 is 33.1. The molecule has 190 valence electrons. The lowest BCUT2D eigenvalue weighted by Crippen LogP contribution is -2.39. The van der Waals surface area contributed by atoms with Crippen LogP contribution >= 0.6 is 0 Å². The second kappa shape index (κ2) is 8.35. The highest BCUT2D eigenvalue weighted by molar-refractivity contribution is 6.09. The van der Waals surface area contributed by atoms with Gasteiger partial charge in [0.1, 0.15) is 5.82 Å². The third kappa shape index (κ3) is 4.24. The Morgan fingerprint density at radius 2 is 1.72 bits per heavy atom. The molecule has 2 aromatic heterocycles. The number of hydrogen-bond acceptors (Lipinski definition) is 6. The number of hydrogen-bond donors (Lipinski definition) is 2. The van der Waals surface area contributed by atoms with Crippen molar-refractivity contribution in [3.05, 3.63) is 41.7 Å². The van der Waals surface area contributed by atoms with Crippen molar-refractivity contribution in [1.29, 1.82) is 0 Å². The van der Waals surface area contributed by atoms with Crippen molar-refractivity contribution < 1.29 is 18.0 Å². The number of nitrogen functional groups attached to an aromatic ring is 1. The number of aromatic nitrogens is 1. The molecule has 6 rings (SSSR count). The third-order valence-electron chi connectivity index (χ3n) is 8.20. The molecule has 3 fully saturated rings. The zero-order valence-corrected chi connectivity index (χ0v) is 20.4. The van der Waals surface area contributed by atoms with Crippen LogP contribution in [0.15, 0.2) is 34.9 Å². The summed E-state index contributed by atoms with van der Waals surface area (Å²) in [7, 11) is 0. The molecule has 36 heavy (non-hydrogen) atoms. The van der Waals surface area contributed by atoms with Gasteiger partial charge in [-0.1, -0.05) is 0 Å². The van der Waals surface area contributed by atoms with Gasteiger partial charge < -0.3 is 25.3 Å². The Kier molecular flexibility index (Phi) is 5.35. The van der Waals surface area contributed by atoms with E-state index in [2.05, 4.69) is 15.2 Å². The predicted molar refractivity (Wildman–Crippen MR) is 137 cm³/mol. The van der Waals surface area contributed by atoms with Crippen LogP contribution in [-0.2, 0) is 0 Å². The molecule has 0 unspecified atom stereocenters. The van der Waals surface area contributed by atoms with Crippen molar-refractivity contribution in [2.24, 2.45) is 5.41 Å². The van der Waals surface area contributed by atoms with E-state index in [4.69, 9.17) is 10.2 Å². The largest absolute Gasteiger partial charge is 0.460 e. The number of anilines is 4. The van der Waals surface area contributed by atoms with Gasteiger partial charge in [0.25, 0.3) is 11.8 Å². The van der Waals surface area contributed by atoms with Crippen molar-refractivity contribution >= 4 is 39.9 Å². The van der Waals surface area contributed by atoms with Crippen LogP contribution in [0.5, 0.6) is 0 Å². The molecule has 1 aromatic carbocycles. The van der Waals surface area contributed by atoms with Crippen LogP contribution in [0.2, 0.25) is 0 Å². The number of rotatable bonds is 4. The Morgan fingerprint density at radius 1 is 1.03 bits per heavy atom. The van der Waals surface area contributed by atoms with E-state index in [0.717, 1.165) is 42.6 Å². The van der Waals surface area contributed by atoms with Crippen LogP contribution in [0, 0.1) is 12.3 Å². The van der Waals surface area contributed by atoms with Gasteiger partial charge in [0.15, 0.2) is 11.4 Å².